The number of carbonyl (C=O) groups is 1. The molecule has 2 aliphatic carbocycles. The van der Waals surface area contributed by atoms with Crippen molar-refractivity contribution in [1.29, 1.82) is 0 Å². The highest BCUT2D eigenvalue weighted by molar-refractivity contribution is 5.84. The molecular formula is C27H50N4O. The molecule has 184 valence electrons. The molecule has 0 spiro atoms. The van der Waals surface area contributed by atoms with E-state index in [4.69, 9.17) is 0 Å². The number of likely N-dealkylation sites (N-methyl/N-ethyl adjacent to an activating group) is 2. The van der Waals surface area contributed by atoms with E-state index in [1.165, 1.54) is 38.5 Å². The Labute approximate surface area is 197 Å². The zero-order valence-electron chi connectivity index (χ0n) is 22.0. The normalized spacial score (nSPS) is 39.9. The van der Waals surface area contributed by atoms with Crippen LogP contribution in [-0.2, 0) is 4.79 Å². The van der Waals surface area contributed by atoms with Gasteiger partial charge < -0.3 is 9.80 Å². The topological polar surface area (TPSA) is 30.0 Å². The fraction of sp³-hybridized carbons (Fsp3) is 0.963. The number of hydrogen-bond donors (Lipinski definition) is 0. The first-order chi connectivity index (χ1) is 15.1. The number of ketones is 1. The monoisotopic (exact) mass is 446 g/mol. The molecule has 2 saturated carbocycles. The Morgan fingerprint density at radius 2 is 1.56 bits per heavy atom. The van der Waals surface area contributed by atoms with E-state index in [9.17, 15) is 4.79 Å². The Balaban J connectivity index is 1.74. The first-order valence-electron chi connectivity index (χ1n) is 13.5. The van der Waals surface area contributed by atoms with Crippen molar-refractivity contribution in [3.63, 3.8) is 0 Å². The van der Waals surface area contributed by atoms with Crippen LogP contribution in [0.1, 0.15) is 65.7 Å². The maximum Gasteiger partial charge on any atom is 0.139 e. The lowest BCUT2D eigenvalue weighted by molar-refractivity contribution is -0.146. The SMILES string of the molecule is CCC1C2C3CCCCC3N(CCN(C)C)C2C2C(=O)CC(C)(C)CC2N1CCN(C)C. The number of rotatable bonds is 7. The summed E-state index contributed by atoms with van der Waals surface area (Å²) < 4.78 is 0. The van der Waals surface area contributed by atoms with Gasteiger partial charge in [0.15, 0.2) is 0 Å². The van der Waals surface area contributed by atoms with Crippen LogP contribution in [0.4, 0.5) is 0 Å². The largest absolute Gasteiger partial charge is 0.308 e. The van der Waals surface area contributed by atoms with Gasteiger partial charge >= 0.3 is 0 Å². The summed E-state index contributed by atoms with van der Waals surface area (Å²) in [6.07, 6.45) is 8.64. The summed E-state index contributed by atoms with van der Waals surface area (Å²) in [5.41, 5.74) is 0.125. The summed E-state index contributed by atoms with van der Waals surface area (Å²) in [5, 5.41) is 0. The molecule has 2 saturated heterocycles. The molecule has 0 aromatic rings. The molecule has 4 rings (SSSR count). The minimum atomic E-state index is 0.125. The zero-order chi connectivity index (χ0) is 23.2. The molecule has 2 heterocycles. The maximum absolute atomic E-state index is 13.9. The van der Waals surface area contributed by atoms with Crippen molar-refractivity contribution in [3.8, 4) is 0 Å². The standard InChI is InChI=1S/C27H50N4O/c1-8-20-24-19-11-9-10-12-21(19)31(16-14-29(6)7)26(24)25-22(30(20)15-13-28(4)5)17-27(2,3)18-23(25)32/h19-22,24-26H,8-18H2,1-7H3. The fourth-order valence-electron chi connectivity index (χ4n) is 8.22. The van der Waals surface area contributed by atoms with Gasteiger partial charge in [-0.1, -0.05) is 33.6 Å². The van der Waals surface area contributed by atoms with Gasteiger partial charge in [0.25, 0.3) is 0 Å². The second kappa shape index (κ2) is 9.64. The Bertz CT molecular complexity index is 662. The smallest absolute Gasteiger partial charge is 0.139 e. The second-order valence-corrected chi connectivity index (χ2v) is 12.7. The molecule has 2 aliphatic heterocycles. The van der Waals surface area contributed by atoms with Crippen LogP contribution < -0.4 is 0 Å². The molecule has 0 bridgehead atoms. The van der Waals surface area contributed by atoms with E-state index in [1.54, 1.807) is 0 Å². The van der Waals surface area contributed by atoms with Crippen molar-refractivity contribution in [1.82, 2.24) is 19.6 Å². The van der Waals surface area contributed by atoms with Gasteiger partial charge in [0.1, 0.15) is 5.78 Å². The Kier molecular flexibility index (Phi) is 7.42. The van der Waals surface area contributed by atoms with E-state index in [0.717, 1.165) is 38.5 Å². The minimum Gasteiger partial charge on any atom is -0.308 e. The highest BCUT2D eigenvalue weighted by Gasteiger charge is 2.62. The van der Waals surface area contributed by atoms with Gasteiger partial charge in [-0.3, -0.25) is 14.6 Å². The number of nitrogens with zero attached hydrogens (tertiary/aromatic N) is 4. The number of fused-ring (bicyclic) bond motifs is 5. The molecule has 5 heteroatoms. The Morgan fingerprint density at radius 1 is 0.938 bits per heavy atom. The van der Waals surface area contributed by atoms with Crippen molar-refractivity contribution in [2.75, 3.05) is 54.4 Å². The van der Waals surface area contributed by atoms with Crippen LogP contribution in [0, 0.1) is 23.2 Å². The predicted molar refractivity (Wildman–Crippen MR) is 133 cm³/mol. The van der Waals surface area contributed by atoms with E-state index in [0.29, 0.717) is 35.9 Å². The first kappa shape index (κ1) is 24.6. The van der Waals surface area contributed by atoms with Gasteiger partial charge in [-0.05, 0) is 71.1 Å². The quantitative estimate of drug-likeness (QED) is 0.598. The van der Waals surface area contributed by atoms with Crippen LogP contribution >= 0.6 is 0 Å². The molecule has 0 amide bonds. The number of piperidine rings is 1. The summed E-state index contributed by atoms with van der Waals surface area (Å²) in [6, 6.07) is 2.21. The molecule has 4 fully saturated rings. The average Bonchev–Trinajstić information content (AvgIpc) is 3.02. The summed E-state index contributed by atoms with van der Waals surface area (Å²) in [7, 11) is 8.77. The molecular weight excluding hydrogens is 396 g/mol. The Morgan fingerprint density at radius 3 is 2.19 bits per heavy atom. The fourth-order valence-corrected chi connectivity index (χ4v) is 8.22. The van der Waals surface area contributed by atoms with Gasteiger partial charge in [-0.25, -0.2) is 0 Å². The highest BCUT2D eigenvalue weighted by Crippen LogP contribution is 2.55. The third-order valence-electron chi connectivity index (χ3n) is 9.37. The van der Waals surface area contributed by atoms with Gasteiger partial charge in [0, 0.05) is 62.7 Å². The third kappa shape index (κ3) is 4.56. The molecule has 0 N–H and O–H groups in total. The van der Waals surface area contributed by atoms with Crippen LogP contribution in [0.3, 0.4) is 0 Å². The molecule has 0 radical (unpaired) electrons. The van der Waals surface area contributed by atoms with Crippen molar-refractivity contribution in [2.24, 2.45) is 23.2 Å². The second-order valence-electron chi connectivity index (χ2n) is 12.7. The van der Waals surface area contributed by atoms with E-state index in [-0.39, 0.29) is 11.3 Å². The van der Waals surface area contributed by atoms with Crippen LogP contribution in [0.25, 0.3) is 0 Å². The van der Waals surface area contributed by atoms with Gasteiger partial charge in [0.2, 0.25) is 0 Å². The molecule has 5 nitrogen and oxygen atoms in total. The summed E-state index contributed by atoms with van der Waals surface area (Å²) in [4.78, 5) is 24.3. The molecule has 4 aliphatic rings. The predicted octanol–water partition coefficient (Wildman–Crippen LogP) is 3.44. The van der Waals surface area contributed by atoms with Crippen molar-refractivity contribution in [3.05, 3.63) is 0 Å². The minimum absolute atomic E-state index is 0.125. The van der Waals surface area contributed by atoms with Crippen molar-refractivity contribution < 1.29 is 4.79 Å². The first-order valence-corrected chi connectivity index (χ1v) is 13.5. The lowest BCUT2D eigenvalue weighted by Crippen LogP contribution is -2.68. The highest BCUT2D eigenvalue weighted by atomic mass is 16.1. The lowest BCUT2D eigenvalue weighted by Gasteiger charge is -2.58. The summed E-state index contributed by atoms with van der Waals surface area (Å²) in [6.45, 7) is 11.5. The Hall–Kier alpha value is -0.490. The van der Waals surface area contributed by atoms with E-state index in [1.807, 2.05) is 0 Å². The van der Waals surface area contributed by atoms with Crippen molar-refractivity contribution >= 4 is 5.78 Å². The molecule has 0 aromatic heterocycles. The summed E-state index contributed by atoms with van der Waals surface area (Å²) in [5.74, 6) is 2.23. The maximum atomic E-state index is 13.9. The van der Waals surface area contributed by atoms with E-state index < -0.39 is 0 Å². The molecule has 0 aromatic carbocycles. The molecule has 32 heavy (non-hydrogen) atoms. The van der Waals surface area contributed by atoms with Crippen LogP contribution in [0.2, 0.25) is 0 Å². The van der Waals surface area contributed by atoms with Crippen LogP contribution in [0.5, 0.6) is 0 Å². The number of Topliss-reactive ketones (excluding diaryl/α,β-unsaturated/α-hetero) is 1. The number of carbonyl (C=O) groups excluding carboxylic acids is 1. The van der Waals surface area contributed by atoms with Gasteiger partial charge in [-0.2, -0.15) is 0 Å². The lowest BCUT2D eigenvalue weighted by atomic mass is 9.60. The van der Waals surface area contributed by atoms with E-state index in [2.05, 4.69) is 68.6 Å². The molecule has 7 atom stereocenters. The van der Waals surface area contributed by atoms with Crippen molar-refractivity contribution in [2.45, 2.75) is 89.9 Å². The van der Waals surface area contributed by atoms with Gasteiger partial charge in [-0.15, -0.1) is 0 Å². The van der Waals surface area contributed by atoms with E-state index >= 15 is 0 Å². The third-order valence-corrected chi connectivity index (χ3v) is 9.37. The van der Waals surface area contributed by atoms with Gasteiger partial charge in [0.05, 0.1) is 0 Å². The molecule has 7 unspecified atom stereocenters. The van der Waals surface area contributed by atoms with Crippen LogP contribution in [0.15, 0.2) is 0 Å². The zero-order valence-corrected chi connectivity index (χ0v) is 22.0. The summed E-state index contributed by atoms with van der Waals surface area (Å²) >= 11 is 0. The number of hydrogen-bond acceptors (Lipinski definition) is 5. The van der Waals surface area contributed by atoms with Crippen LogP contribution in [-0.4, -0.2) is 104 Å². The number of likely N-dealkylation sites (tertiary alicyclic amines) is 2. The average molecular weight is 447 g/mol.